The Balaban J connectivity index is 1.82. The molecule has 0 aliphatic heterocycles. The van der Waals surface area contributed by atoms with E-state index in [1.165, 1.54) is 11.3 Å². The lowest BCUT2D eigenvalue weighted by atomic mass is 10.1. The summed E-state index contributed by atoms with van der Waals surface area (Å²) in [5.74, 6) is -0.119. The molecule has 1 N–H and O–H groups in total. The second kappa shape index (κ2) is 7.56. The van der Waals surface area contributed by atoms with Crippen LogP contribution in [0.5, 0.6) is 0 Å². The fourth-order valence-corrected chi connectivity index (χ4v) is 4.89. The first kappa shape index (κ1) is 17.9. The highest BCUT2D eigenvalue weighted by atomic mass is 35.5. The zero-order chi connectivity index (χ0) is 17.9. The van der Waals surface area contributed by atoms with Crippen molar-refractivity contribution in [1.29, 1.82) is 0 Å². The molecule has 0 amide bonds. The van der Waals surface area contributed by atoms with E-state index in [0.29, 0.717) is 15.7 Å². The number of nitrogens with one attached hydrogen (secondary N) is 1. The van der Waals surface area contributed by atoms with Crippen LogP contribution in [0.2, 0.25) is 5.02 Å². The van der Waals surface area contributed by atoms with Crippen LogP contribution in [0.15, 0.2) is 54.6 Å². The number of benzene rings is 2. The van der Waals surface area contributed by atoms with Gasteiger partial charge in [0.15, 0.2) is 5.13 Å². The second-order valence-corrected chi connectivity index (χ2v) is 8.74. The molecule has 0 atom stereocenters. The third-order valence-corrected chi connectivity index (χ3v) is 6.29. The van der Waals surface area contributed by atoms with Gasteiger partial charge in [-0.1, -0.05) is 61.0 Å². The van der Waals surface area contributed by atoms with Crippen LogP contribution in [0.3, 0.4) is 0 Å². The normalized spacial score (nSPS) is 11.4. The SMILES string of the molecule is CCc1sc(NS(=O)(=O)Cc2ccc(Cl)cc2)nc1-c1ccccc1. The molecule has 0 bridgehead atoms. The number of aryl methyl sites for hydroxylation is 1. The molecule has 0 saturated carbocycles. The summed E-state index contributed by atoms with van der Waals surface area (Å²) >= 11 is 7.21. The summed E-state index contributed by atoms with van der Waals surface area (Å²) in [6.07, 6.45) is 0.792. The number of nitrogens with zero attached hydrogens (tertiary/aromatic N) is 1. The Morgan fingerprint density at radius 1 is 1.08 bits per heavy atom. The van der Waals surface area contributed by atoms with E-state index in [4.69, 9.17) is 11.6 Å². The average molecular weight is 393 g/mol. The Bertz CT molecular complexity index is 953. The van der Waals surface area contributed by atoms with Gasteiger partial charge >= 0.3 is 0 Å². The van der Waals surface area contributed by atoms with Gasteiger partial charge in [0.25, 0.3) is 0 Å². The Kier molecular flexibility index (Phi) is 5.42. The van der Waals surface area contributed by atoms with Crippen LogP contribution in [0.25, 0.3) is 11.3 Å². The number of rotatable bonds is 6. The van der Waals surface area contributed by atoms with Crippen LogP contribution in [0.4, 0.5) is 5.13 Å². The smallest absolute Gasteiger partial charge is 0.238 e. The van der Waals surface area contributed by atoms with E-state index in [2.05, 4.69) is 9.71 Å². The fraction of sp³-hybridized carbons (Fsp3) is 0.167. The molecule has 0 aliphatic carbocycles. The van der Waals surface area contributed by atoms with Crippen molar-refractivity contribution in [2.75, 3.05) is 4.72 Å². The van der Waals surface area contributed by atoms with Crippen molar-refractivity contribution >= 4 is 38.1 Å². The predicted octanol–water partition coefficient (Wildman–Crippen LogP) is 4.97. The van der Waals surface area contributed by atoms with Gasteiger partial charge in [0.2, 0.25) is 10.0 Å². The minimum atomic E-state index is -3.54. The van der Waals surface area contributed by atoms with Crippen molar-refractivity contribution < 1.29 is 8.42 Å². The van der Waals surface area contributed by atoms with Gasteiger partial charge < -0.3 is 0 Å². The van der Waals surface area contributed by atoms with Gasteiger partial charge in [-0.25, -0.2) is 13.4 Å². The van der Waals surface area contributed by atoms with Gasteiger partial charge in [-0.15, -0.1) is 11.3 Å². The molecule has 3 rings (SSSR count). The Hall–Kier alpha value is -1.89. The Labute approximate surface area is 156 Å². The number of halogens is 1. The van der Waals surface area contributed by atoms with Gasteiger partial charge in [-0.2, -0.15) is 0 Å². The summed E-state index contributed by atoms with van der Waals surface area (Å²) < 4.78 is 27.4. The lowest BCUT2D eigenvalue weighted by Crippen LogP contribution is -2.14. The number of hydrogen-bond donors (Lipinski definition) is 1. The average Bonchev–Trinajstić information content (AvgIpc) is 2.99. The molecule has 130 valence electrons. The molecular weight excluding hydrogens is 376 g/mol. The maximum atomic E-state index is 12.4. The molecule has 0 fully saturated rings. The van der Waals surface area contributed by atoms with Gasteiger partial charge in [0.1, 0.15) is 0 Å². The number of aromatic nitrogens is 1. The molecule has 3 aromatic rings. The van der Waals surface area contributed by atoms with Gasteiger partial charge in [0, 0.05) is 15.5 Å². The molecule has 0 saturated heterocycles. The summed E-state index contributed by atoms with van der Waals surface area (Å²) in [4.78, 5) is 5.55. The zero-order valence-electron chi connectivity index (χ0n) is 13.6. The molecule has 1 heterocycles. The van der Waals surface area contributed by atoms with E-state index in [1.54, 1.807) is 24.3 Å². The van der Waals surface area contributed by atoms with E-state index in [-0.39, 0.29) is 5.75 Å². The molecule has 4 nitrogen and oxygen atoms in total. The molecule has 25 heavy (non-hydrogen) atoms. The lowest BCUT2D eigenvalue weighted by Gasteiger charge is -2.05. The van der Waals surface area contributed by atoms with Crippen molar-refractivity contribution in [2.45, 2.75) is 19.1 Å². The quantitative estimate of drug-likeness (QED) is 0.644. The van der Waals surface area contributed by atoms with E-state index in [9.17, 15) is 8.42 Å². The molecule has 7 heteroatoms. The number of anilines is 1. The summed E-state index contributed by atoms with van der Waals surface area (Å²) in [6, 6.07) is 16.5. The van der Waals surface area contributed by atoms with Crippen molar-refractivity contribution in [3.05, 3.63) is 70.1 Å². The van der Waals surface area contributed by atoms with Crippen molar-refractivity contribution in [2.24, 2.45) is 0 Å². The van der Waals surface area contributed by atoms with Crippen molar-refractivity contribution in [3.63, 3.8) is 0 Å². The molecule has 0 radical (unpaired) electrons. The van der Waals surface area contributed by atoms with Gasteiger partial charge in [-0.3, -0.25) is 4.72 Å². The van der Waals surface area contributed by atoms with Crippen molar-refractivity contribution in [3.8, 4) is 11.3 Å². The summed E-state index contributed by atoms with van der Waals surface area (Å²) in [5, 5.41) is 0.971. The summed E-state index contributed by atoms with van der Waals surface area (Å²) in [6.45, 7) is 2.03. The van der Waals surface area contributed by atoms with Gasteiger partial charge in [-0.05, 0) is 24.1 Å². The number of thiazole rings is 1. The third-order valence-electron chi connectivity index (χ3n) is 3.58. The Morgan fingerprint density at radius 3 is 2.40 bits per heavy atom. The summed E-state index contributed by atoms with van der Waals surface area (Å²) in [7, 11) is -3.54. The molecular formula is C18H17ClN2O2S2. The highest BCUT2D eigenvalue weighted by molar-refractivity contribution is 7.92. The second-order valence-electron chi connectivity index (χ2n) is 5.50. The largest absolute Gasteiger partial charge is 0.258 e. The number of hydrogen-bond acceptors (Lipinski definition) is 4. The lowest BCUT2D eigenvalue weighted by molar-refractivity contribution is 0.600. The fourth-order valence-electron chi connectivity index (χ4n) is 2.43. The minimum absolute atomic E-state index is 0.119. The maximum Gasteiger partial charge on any atom is 0.238 e. The monoisotopic (exact) mass is 392 g/mol. The van der Waals surface area contributed by atoms with E-state index < -0.39 is 10.0 Å². The van der Waals surface area contributed by atoms with Crippen LogP contribution in [0, 0.1) is 0 Å². The Morgan fingerprint density at radius 2 is 1.76 bits per heavy atom. The summed E-state index contributed by atoms with van der Waals surface area (Å²) in [5.41, 5.74) is 2.49. The minimum Gasteiger partial charge on any atom is -0.258 e. The van der Waals surface area contributed by atoms with Crippen LogP contribution >= 0.6 is 22.9 Å². The van der Waals surface area contributed by atoms with E-state index in [1.807, 2.05) is 37.3 Å². The standard InChI is InChI=1S/C18H17ClN2O2S2/c1-2-16-17(14-6-4-3-5-7-14)20-18(24-16)21-25(22,23)12-13-8-10-15(19)11-9-13/h3-11H,2,12H2,1H3,(H,20,21). The third kappa shape index (κ3) is 4.60. The maximum absolute atomic E-state index is 12.4. The van der Waals surface area contributed by atoms with Crippen LogP contribution in [-0.2, 0) is 22.2 Å². The highest BCUT2D eigenvalue weighted by Crippen LogP contribution is 2.32. The number of sulfonamides is 1. The zero-order valence-corrected chi connectivity index (χ0v) is 16.0. The van der Waals surface area contributed by atoms with Crippen molar-refractivity contribution in [1.82, 2.24) is 4.98 Å². The van der Waals surface area contributed by atoms with Gasteiger partial charge in [0.05, 0.1) is 11.4 Å². The first-order valence-electron chi connectivity index (χ1n) is 7.77. The van der Waals surface area contributed by atoms with Crippen LogP contribution < -0.4 is 4.72 Å². The molecule has 0 spiro atoms. The van der Waals surface area contributed by atoms with E-state index >= 15 is 0 Å². The first-order valence-corrected chi connectivity index (χ1v) is 10.6. The topological polar surface area (TPSA) is 59.1 Å². The van der Waals surface area contributed by atoms with Crippen LogP contribution in [0.1, 0.15) is 17.4 Å². The first-order chi connectivity index (χ1) is 12.0. The molecule has 0 unspecified atom stereocenters. The highest BCUT2D eigenvalue weighted by Gasteiger charge is 2.17. The molecule has 2 aromatic carbocycles. The molecule has 0 aliphatic rings. The predicted molar refractivity (Wildman–Crippen MR) is 105 cm³/mol. The molecule has 1 aromatic heterocycles. The van der Waals surface area contributed by atoms with Crippen LogP contribution in [-0.4, -0.2) is 13.4 Å². The van der Waals surface area contributed by atoms with E-state index in [0.717, 1.165) is 22.6 Å².